The predicted octanol–water partition coefficient (Wildman–Crippen LogP) is 4.77. The summed E-state index contributed by atoms with van der Waals surface area (Å²) in [6.45, 7) is 9.99. The minimum atomic E-state index is -0.519. The molecule has 2 aliphatic rings. The highest BCUT2D eigenvalue weighted by Gasteiger charge is 2.24. The zero-order chi connectivity index (χ0) is 29.2. The Kier molecular flexibility index (Phi) is 8.23. The monoisotopic (exact) mass is 574 g/mol. The van der Waals surface area contributed by atoms with E-state index < -0.39 is 5.97 Å². The molecule has 1 unspecified atom stereocenters. The van der Waals surface area contributed by atoms with E-state index in [1.807, 2.05) is 29.2 Å². The van der Waals surface area contributed by atoms with Gasteiger partial charge in [0.25, 0.3) is 0 Å². The number of hydrogen-bond acceptors (Lipinski definition) is 10. The third kappa shape index (κ3) is 5.64. The first-order chi connectivity index (χ1) is 20.4. The summed E-state index contributed by atoms with van der Waals surface area (Å²) in [5.74, 6) is 1.04. The number of carbonyl (C=O) groups excluding carboxylic acids is 1. The van der Waals surface area contributed by atoms with Crippen molar-refractivity contribution in [2.45, 2.75) is 51.9 Å². The van der Waals surface area contributed by atoms with Gasteiger partial charge in [0.05, 0.1) is 38.7 Å². The molecule has 0 radical (unpaired) electrons. The summed E-state index contributed by atoms with van der Waals surface area (Å²) in [7, 11) is 2.82. The molecule has 11 heteroatoms. The number of esters is 1. The summed E-state index contributed by atoms with van der Waals surface area (Å²) in [5, 5.41) is 5.67. The average Bonchev–Trinajstić information content (AvgIpc) is 3.68. The molecule has 222 valence electrons. The molecule has 2 saturated heterocycles. The Labute approximate surface area is 245 Å². The molecule has 3 aromatic heterocycles. The van der Waals surface area contributed by atoms with Crippen LogP contribution in [0.3, 0.4) is 0 Å². The molecular weight excluding hydrogens is 536 g/mol. The summed E-state index contributed by atoms with van der Waals surface area (Å²) >= 11 is 0. The normalized spacial score (nSPS) is 18.5. The fourth-order valence-corrected chi connectivity index (χ4v) is 5.83. The minimum absolute atomic E-state index is 0.149. The second-order valence-electron chi connectivity index (χ2n) is 11.2. The third-order valence-electron chi connectivity index (χ3n) is 8.23. The van der Waals surface area contributed by atoms with Crippen LogP contribution in [0.5, 0.6) is 5.88 Å². The van der Waals surface area contributed by atoms with Crippen molar-refractivity contribution in [3.63, 3.8) is 0 Å². The number of nitrogens with zero attached hydrogens (tertiary/aromatic N) is 6. The van der Waals surface area contributed by atoms with E-state index in [9.17, 15) is 4.79 Å². The van der Waals surface area contributed by atoms with Crippen LogP contribution >= 0.6 is 0 Å². The van der Waals surface area contributed by atoms with Gasteiger partial charge in [-0.25, -0.2) is 19.4 Å². The highest BCUT2D eigenvalue weighted by molar-refractivity contribution is 5.98. The number of pyridine rings is 1. The van der Waals surface area contributed by atoms with E-state index in [4.69, 9.17) is 28.7 Å². The van der Waals surface area contributed by atoms with E-state index in [2.05, 4.69) is 28.6 Å². The van der Waals surface area contributed by atoms with Crippen molar-refractivity contribution < 1.29 is 23.4 Å². The molecule has 0 N–H and O–H groups in total. The van der Waals surface area contributed by atoms with Crippen molar-refractivity contribution in [1.82, 2.24) is 29.5 Å². The summed E-state index contributed by atoms with van der Waals surface area (Å²) in [6.07, 6.45) is 8.23. The van der Waals surface area contributed by atoms with Gasteiger partial charge in [-0.2, -0.15) is 5.10 Å². The van der Waals surface area contributed by atoms with Gasteiger partial charge in [0, 0.05) is 61.5 Å². The average molecular weight is 575 g/mol. The number of hydrogen-bond donors (Lipinski definition) is 0. The fourth-order valence-electron chi connectivity index (χ4n) is 5.83. The van der Waals surface area contributed by atoms with Gasteiger partial charge in [0.2, 0.25) is 11.8 Å². The second kappa shape index (κ2) is 12.2. The van der Waals surface area contributed by atoms with E-state index in [1.165, 1.54) is 14.2 Å². The van der Waals surface area contributed by atoms with Crippen LogP contribution in [-0.4, -0.2) is 88.6 Å². The standard InChI is InChI=1S/C31H38N6O5/c1-20(2)36-10-8-35(9-11-36)19-23-17-33-30(42-23)24-13-21(22-14-25(31(38)40-4)29(39-3)32-16-22)15-27-26(24)18-34-37(27)28-7-5-6-12-41-28/h13-18,20,28H,5-12,19H2,1-4H3. The molecule has 0 amide bonds. The molecular formula is C31H38N6O5. The minimum Gasteiger partial charge on any atom is -0.480 e. The molecule has 0 bridgehead atoms. The maximum absolute atomic E-state index is 12.5. The first-order valence-electron chi connectivity index (χ1n) is 14.6. The Morgan fingerprint density at radius 1 is 1.02 bits per heavy atom. The van der Waals surface area contributed by atoms with Crippen molar-refractivity contribution in [2.75, 3.05) is 47.0 Å². The lowest BCUT2D eigenvalue weighted by Crippen LogP contribution is -2.48. The Bertz CT molecular complexity index is 1550. The Morgan fingerprint density at radius 2 is 1.86 bits per heavy atom. The molecule has 5 heterocycles. The van der Waals surface area contributed by atoms with Crippen LogP contribution in [0.25, 0.3) is 33.5 Å². The third-order valence-corrected chi connectivity index (χ3v) is 8.23. The number of ether oxygens (including phenoxy) is 3. The van der Waals surface area contributed by atoms with Crippen molar-refractivity contribution in [3.05, 3.63) is 48.1 Å². The quantitative estimate of drug-likeness (QED) is 0.273. The maximum atomic E-state index is 12.5. The van der Waals surface area contributed by atoms with Crippen LogP contribution in [-0.2, 0) is 16.0 Å². The summed E-state index contributed by atoms with van der Waals surface area (Å²) < 4.78 is 24.7. The van der Waals surface area contributed by atoms with Gasteiger partial charge in [-0.1, -0.05) is 0 Å². The second-order valence-corrected chi connectivity index (χ2v) is 11.2. The first-order valence-corrected chi connectivity index (χ1v) is 14.6. The van der Waals surface area contributed by atoms with E-state index in [0.29, 0.717) is 25.1 Å². The zero-order valence-corrected chi connectivity index (χ0v) is 24.7. The van der Waals surface area contributed by atoms with E-state index in [0.717, 1.165) is 78.8 Å². The maximum Gasteiger partial charge on any atom is 0.343 e. The molecule has 42 heavy (non-hydrogen) atoms. The number of rotatable bonds is 8. The topological polar surface area (TPSA) is 108 Å². The van der Waals surface area contributed by atoms with Gasteiger partial charge in [-0.15, -0.1) is 0 Å². The van der Waals surface area contributed by atoms with E-state index in [-0.39, 0.29) is 17.7 Å². The Hall–Kier alpha value is -3.80. The Morgan fingerprint density at radius 3 is 2.57 bits per heavy atom. The van der Waals surface area contributed by atoms with Crippen LogP contribution < -0.4 is 4.74 Å². The van der Waals surface area contributed by atoms with Gasteiger partial charge in [-0.3, -0.25) is 9.80 Å². The van der Waals surface area contributed by atoms with E-state index in [1.54, 1.807) is 12.3 Å². The van der Waals surface area contributed by atoms with Crippen LogP contribution in [0.15, 0.2) is 41.2 Å². The van der Waals surface area contributed by atoms with Crippen molar-refractivity contribution in [3.8, 4) is 28.5 Å². The predicted molar refractivity (Wildman–Crippen MR) is 157 cm³/mol. The number of oxazole rings is 1. The number of benzene rings is 1. The van der Waals surface area contributed by atoms with Crippen LogP contribution in [0.2, 0.25) is 0 Å². The van der Waals surface area contributed by atoms with Gasteiger partial charge in [-0.05, 0) is 56.9 Å². The fraction of sp³-hybridized carbons (Fsp3) is 0.484. The van der Waals surface area contributed by atoms with Crippen molar-refractivity contribution in [1.29, 1.82) is 0 Å². The summed E-state index contributed by atoms with van der Waals surface area (Å²) in [5.41, 5.74) is 3.52. The highest BCUT2D eigenvalue weighted by atomic mass is 16.5. The number of aromatic nitrogens is 4. The lowest BCUT2D eigenvalue weighted by molar-refractivity contribution is -0.0366. The molecule has 11 nitrogen and oxygen atoms in total. The largest absolute Gasteiger partial charge is 0.480 e. The highest BCUT2D eigenvalue weighted by Crippen LogP contribution is 2.37. The molecule has 2 aliphatic heterocycles. The van der Waals surface area contributed by atoms with Gasteiger partial charge in [0.15, 0.2) is 6.23 Å². The molecule has 0 spiro atoms. The van der Waals surface area contributed by atoms with Crippen LogP contribution in [0.4, 0.5) is 0 Å². The Balaban J connectivity index is 1.38. The first kappa shape index (κ1) is 28.3. The van der Waals surface area contributed by atoms with Crippen LogP contribution in [0, 0.1) is 0 Å². The van der Waals surface area contributed by atoms with Crippen molar-refractivity contribution >= 4 is 16.9 Å². The molecule has 0 saturated carbocycles. The summed E-state index contributed by atoms with van der Waals surface area (Å²) in [6, 6.07) is 6.35. The molecule has 6 rings (SSSR count). The number of fused-ring (bicyclic) bond motifs is 1. The van der Waals surface area contributed by atoms with Crippen LogP contribution in [0.1, 0.15) is 55.5 Å². The lowest BCUT2D eigenvalue weighted by Gasteiger charge is -2.36. The molecule has 0 aliphatic carbocycles. The number of piperazine rings is 1. The summed E-state index contributed by atoms with van der Waals surface area (Å²) in [4.78, 5) is 26.5. The zero-order valence-electron chi connectivity index (χ0n) is 24.7. The van der Waals surface area contributed by atoms with Gasteiger partial charge >= 0.3 is 5.97 Å². The molecule has 2 fully saturated rings. The lowest BCUT2D eigenvalue weighted by atomic mass is 10.00. The van der Waals surface area contributed by atoms with Crippen molar-refractivity contribution in [2.24, 2.45) is 0 Å². The molecule has 1 atom stereocenters. The molecule has 1 aromatic carbocycles. The number of methoxy groups -OCH3 is 2. The number of carbonyl (C=O) groups is 1. The van der Waals surface area contributed by atoms with Gasteiger partial charge in [0.1, 0.15) is 11.3 Å². The molecule has 4 aromatic rings. The van der Waals surface area contributed by atoms with Gasteiger partial charge < -0.3 is 18.6 Å². The SMILES string of the molecule is COC(=O)c1cc(-c2cc(-c3ncc(CN4CCN(C(C)C)CC4)o3)c3cnn(C4CCCCO4)c3c2)cnc1OC. The smallest absolute Gasteiger partial charge is 0.343 e. The van der Waals surface area contributed by atoms with E-state index >= 15 is 0 Å².